The first kappa shape index (κ1) is 48.0. The zero-order valence-electron chi connectivity index (χ0n) is 9.99. The van der Waals surface area contributed by atoms with Gasteiger partial charge in [0.2, 0.25) is 0 Å². The molecule has 0 saturated carbocycles. The summed E-state index contributed by atoms with van der Waals surface area (Å²) >= 11 is -6.06. The van der Waals surface area contributed by atoms with E-state index in [9.17, 15) is 0 Å². The zero-order valence-corrected chi connectivity index (χ0v) is 16.8. The summed E-state index contributed by atoms with van der Waals surface area (Å²) in [6.07, 6.45) is 0. The van der Waals surface area contributed by atoms with Gasteiger partial charge in [-0.1, -0.05) is 0 Å². The van der Waals surface area contributed by atoms with Crippen molar-refractivity contribution in [2.45, 2.75) is 0 Å². The van der Waals surface area contributed by atoms with E-state index in [1.165, 1.54) is 0 Å². The molecule has 0 aromatic rings. The van der Waals surface area contributed by atoms with Crippen LogP contribution in [0.3, 0.4) is 0 Å². The van der Waals surface area contributed by atoms with Crippen molar-refractivity contribution in [1.29, 1.82) is 0 Å². The molecule has 0 aliphatic heterocycles. The number of hydrogen-bond donors (Lipinski definition) is 0. The van der Waals surface area contributed by atoms with E-state index in [0.29, 0.717) is 0 Å². The SMILES string of the molecule is [CH3-].[CH3-].[CH3-].[CH3-].[H-].[H-].[K+].[K+].[O]=[Os](=[O])(=[O])=[O]. The average molecular weight is 395 g/mol. The van der Waals surface area contributed by atoms with Crippen LogP contribution in [0.4, 0.5) is 0 Å². The molecule has 0 radical (unpaired) electrons. The van der Waals surface area contributed by atoms with E-state index < -0.39 is 14.8 Å². The van der Waals surface area contributed by atoms with Gasteiger partial charge in [0.1, 0.15) is 0 Å². The molecule has 4 nitrogen and oxygen atoms in total. The fourth-order valence-electron chi connectivity index (χ4n) is 0. The van der Waals surface area contributed by atoms with Crippen molar-refractivity contribution in [3.8, 4) is 0 Å². The first-order chi connectivity index (χ1) is 2.00. The normalized spacial score (nSPS) is 5.09. The van der Waals surface area contributed by atoms with Crippen molar-refractivity contribution in [2.24, 2.45) is 0 Å². The number of hydrogen-bond acceptors (Lipinski definition) is 4. The summed E-state index contributed by atoms with van der Waals surface area (Å²) < 4.78 is 34.5. The molecule has 0 aromatic heterocycles. The average Bonchev–Trinajstić information content (AvgIpc) is 0.722. The van der Waals surface area contributed by atoms with Crippen molar-refractivity contribution in [2.75, 3.05) is 0 Å². The van der Waals surface area contributed by atoms with E-state index in [2.05, 4.69) is 0 Å². The minimum atomic E-state index is -6.06. The van der Waals surface area contributed by atoms with E-state index in [0.717, 1.165) is 0 Å². The molecular weight excluding hydrogens is 380 g/mol. The molecule has 11 heavy (non-hydrogen) atoms. The summed E-state index contributed by atoms with van der Waals surface area (Å²) in [5.41, 5.74) is 0. The van der Waals surface area contributed by atoms with Crippen molar-refractivity contribution < 1.29 is 135 Å². The Hall–Kier alpha value is 3.11. The Balaban J connectivity index is -0.00000000286. The molecular formula is C4H14K2O4Os-4. The topological polar surface area (TPSA) is 68.3 Å². The van der Waals surface area contributed by atoms with E-state index >= 15 is 0 Å². The standard InChI is InChI=1S/4CH3.2K.4O.Os.2H/h4*1H3;;;;;;;;;/q4*-1;2*+1;;;;;;2*-1. The molecule has 0 amide bonds. The fraction of sp³-hybridized carbons (Fsp3) is 0. The van der Waals surface area contributed by atoms with Crippen LogP contribution in [0.2, 0.25) is 0 Å². The summed E-state index contributed by atoms with van der Waals surface area (Å²) in [5.74, 6) is 0. The maximum absolute atomic E-state index is 8.63. The van der Waals surface area contributed by atoms with Gasteiger partial charge in [0.15, 0.2) is 0 Å². The van der Waals surface area contributed by atoms with E-state index in [1.54, 1.807) is 0 Å². The molecule has 0 N–H and O–H groups in total. The molecule has 0 saturated heterocycles. The Morgan fingerprint density at radius 2 is 0.636 bits per heavy atom. The van der Waals surface area contributed by atoms with Gasteiger partial charge in [-0.25, -0.2) is 0 Å². The molecule has 0 rings (SSSR count). The Morgan fingerprint density at radius 3 is 0.636 bits per heavy atom. The van der Waals surface area contributed by atoms with Gasteiger partial charge in [-0.15, -0.1) is 0 Å². The first-order valence-electron chi connectivity index (χ1n) is 0.577. The molecule has 0 spiro atoms. The molecule has 68 valence electrons. The van der Waals surface area contributed by atoms with Crippen LogP contribution in [0.25, 0.3) is 0 Å². The van der Waals surface area contributed by atoms with E-state index in [-0.39, 0.29) is 135 Å². The quantitative estimate of drug-likeness (QED) is 0.307. The zero-order chi connectivity index (χ0) is 4.50. The van der Waals surface area contributed by atoms with Crippen LogP contribution < -0.4 is 103 Å². The third-order valence-electron chi connectivity index (χ3n) is 0. The van der Waals surface area contributed by atoms with Crippen LogP contribution in [0.1, 0.15) is 2.85 Å². The van der Waals surface area contributed by atoms with Crippen LogP contribution in [-0.2, 0) is 29.0 Å². The molecule has 0 unspecified atom stereocenters. The monoisotopic (exact) mass is 396 g/mol. The third-order valence-corrected chi connectivity index (χ3v) is 0. The van der Waals surface area contributed by atoms with Crippen LogP contribution in [-0.4, -0.2) is 0 Å². The summed E-state index contributed by atoms with van der Waals surface area (Å²) in [7, 11) is 0. The molecule has 7 heteroatoms. The molecule has 0 aliphatic carbocycles. The van der Waals surface area contributed by atoms with Gasteiger partial charge in [0, 0.05) is 0 Å². The Labute approximate surface area is 160 Å². The third kappa shape index (κ3) is 167. The summed E-state index contributed by atoms with van der Waals surface area (Å²) in [5, 5.41) is 0. The Bertz CT molecular complexity index is 179. The van der Waals surface area contributed by atoms with Crippen molar-refractivity contribution in [1.82, 2.24) is 0 Å². The fourth-order valence-corrected chi connectivity index (χ4v) is 0. The van der Waals surface area contributed by atoms with Gasteiger partial charge in [0.05, 0.1) is 0 Å². The second-order valence-corrected chi connectivity index (χ2v) is 2.89. The van der Waals surface area contributed by atoms with Gasteiger partial charge >= 0.3 is 132 Å². The van der Waals surface area contributed by atoms with Crippen molar-refractivity contribution in [3.63, 3.8) is 0 Å². The van der Waals surface area contributed by atoms with Crippen molar-refractivity contribution in [3.05, 3.63) is 29.7 Å². The second-order valence-electron chi connectivity index (χ2n) is 0.354. The molecule has 0 heterocycles. The molecule has 0 bridgehead atoms. The molecule has 0 aromatic carbocycles. The molecule has 0 fully saturated rings. The minimum absolute atomic E-state index is 0. The Morgan fingerprint density at radius 1 is 0.636 bits per heavy atom. The van der Waals surface area contributed by atoms with E-state index in [4.69, 9.17) is 14.2 Å². The summed E-state index contributed by atoms with van der Waals surface area (Å²) in [4.78, 5) is 0. The Kier molecular flexibility index (Phi) is 101. The first-order valence-corrected chi connectivity index (χ1v) is 4.73. The van der Waals surface area contributed by atoms with Gasteiger partial charge < -0.3 is 32.6 Å². The van der Waals surface area contributed by atoms with Gasteiger partial charge in [0.25, 0.3) is 0 Å². The van der Waals surface area contributed by atoms with E-state index in [1.807, 2.05) is 0 Å². The second kappa shape index (κ2) is 23.2. The molecule has 0 aliphatic rings. The van der Waals surface area contributed by atoms with Gasteiger partial charge in [-0.05, 0) is 0 Å². The predicted molar refractivity (Wildman–Crippen MR) is 30.6 cm³/mol. The maximum atomic E-state index is 8.63. The van der Waals surface area contributed by atoms with Gasteiger partial charge in [-0.2, -0.15) is 0 Å². The summed E-state index contributed by atoms with van der Waals surface area (Å²) in [6, 6.07) is 0. The van der Waals surface area contributed by atoms with Crippen LogP contribution in [0.15, 0.2) is 0 Å². The van der Waals surface area contributed by atoms with Crippen LogP contribution in [0.5, 0.6) is 0 Å². The molecule has 0 atom stereocenters. The predicted octanol–water partition coefficient (Wildman–Crippen LogP) is -4.44. The van der Waals surface area contributed by atoms with Crippen LogP contribution >= 0.6 is 0 Å². The summed E-state index contributed by atoms with van der Waals surface area (Å²) in [6.45, 7) is 0. The number of rotatable bonds is 0. The van der Waals surface area contributed by atoms with Crippen LogP contribution in [0, 0.1) is 29.7 Å². The van der Waals surface area contributed by atoms with Crippen molar-refractivity contribution >= 4 is 0 Å². The van der Waals surface area contributed by atoms with Gasteiger partial charge in [-0.3, -0.25) is 0 Å².